The number of nitrogens with zero attached hydrogens (tertiary/aromatic N) is 7. The number of halogens is 2. The van der Waals surface area contributed by atoms with E-state index in [1.165, 1.54) is 33.8 Å². The first-order valence-electron chi connectivity index (χ1n) is 18.2. The Hall–Kier alpha value is -4.62. The molecule has 54 heavy (non-hydrogen) atoms. The number of benzene rings is 3. The molecule has 0 radical (unpaired) electrons. The van der Waals surface area contributed by atoms with Crippen LogP contribution in [0.25, 0.3) is 16.9 Å². The SMILES string of the molecule is CCc1nc2ccc(N3CCN(C(=O)CCl)[C@H](CO[Si](c4ccccc4)(c4ccccc4)C(C)(C)C)C3)nn2c1N(C)c1nc(-c2ccc(F)cc2)cs1. The maximum atomic E-state index is 13.6. The molecular weight excluding hydrogens is 737 g/mol. The molecule has 1 aliphatic rings. The zero-order chi connectivity index (χ0) is 38.0. The summed E-state index contributed by atoms with van der Waals surface area (Å²) < 4.78 is 22.8. The van der Waals surface area contributed by atoms with Gasteiger partial charge in [-0.25, -0.2) is 14.4 Å². The number of alkyl halides is 1. The van der Waals surface area contributed by atoms with Crippen molar-refractivity contribution in [3.63, 3.8) is 0 Å². The normalized spacial score (nSPS) is 15.2. The average molecular weight is 782 g/mol. The highest BCUT2D eigenvalue weighted by Crippen LogP contribution is 2.38. The number of aromatic nitrogens is 4. The van der Waals surface area contributed by atoms with E-state index in [1.54, 1.807) is 12.1 Å². The number of carbonyl (C=O) groups is 1. The van der Waals surface area contributed by atoms with Gasteiger partial charge in [-0.15, -0.1) is 28.0 Å². The highest BCUT2D eigenvalue weighted by Gasteiger charge is 2.51. The number of anilines is 3. The van der Waals surface area contributed by atoms with Crippen LogP contribution in [0.1, 0.15) is 33.4 Å². The van der Waals surface area contributed by atoms with E-state index in [4.69, 9.17) is 31.1 Å². The lowest BCUT2D eigenvalue weighted by Gasteiger charge is -2.46. The number of hydrogen-bond donors (Lipinski definition) is 0. The lowest BCUT2D eigenvalue weighted by Crippen LogP contribution is -2.68. The van der Waals surface area contributed by atoms with Gasteiger partial charge in [0, 0.05) is 37.6 Å². The minimum atomic E-state index is -2.87. The molecule has 1 atom stereocenters. The van der Waals surface area contributed by atoms with Crippen LogP contribution in [-0.4, -0.2) is 83.9 Å². The Morgan fingerprint density at radius 2 is 1.63 bits per heavy atom. The summed E-state index contributed by atoms with van der Waals surface area (Å²) in [6.45, 7) is 10.8. The zero-order valence-electron chi connectivity index (χ0n) is 31.2. The van der Waals surface area contributed by atoms with Gasteiger partial charge in [0.05, 0.1) is 24.0 Å². The summed E-state index contributed by atoms with van der Waals surface area (Å²) in [6, 6.07) is 31.2. The maximum absolute atomic E-state index is 13.6. The van der Waals surface area contributed by atoms with Crippen molar-refractivity contribution in [3.8, 4) is 11.3 Å². The summed E-state index contributed by atoms with van der Waals surface area (Å²) in [5.41, 5.74) is 3.25. The van der Waals surface area contributed by atoms with Gasteiger partial charge in [0.2, 0.25) is 5.91 Å². The van der Waals surface area contributed by atoms with E-state index in [0.29, 0.717) is 32.7 Å². The summed E-state index contributed by atoms with van der Waals surface area (Å²) in [7, 11) is -0.895. The largest absolute Gasteiger partial charge is 0.405 e. The molecule has 1 amide bonds. The highest BCUT2D eigenvalue weighted by molar-refractivity contribution is 7.14. The summed E-state index contributed by atoms with van der Waals surface area (Å²) in [5, 5.41) is 10.1. The lowest BCUT2D eigenvalue weighted by molar-refractivity contribution is -0.132. The van der Waals surface area contributed by atoms with Crippen molar-refractivity contribution in [3.05, 3.63) is 114 Å². The minimum absolute atomic E-state index is 0.0932. The van der Waals surface area contributed by atoms with Gasteiger partial charge in [-0.1, -0.05) is 88.4 Å². The van der Waals surface area contributed by atoms with E-state index in [1.807, 2.05) is 51.0 Å². The number of aryl methyl sites for hydroxylation is 1. The van der Waals surface area contributed by atoms with Crippen molar-refractivity contribution in [2.45, 2.75) is 45.2 Å². The van der Waals surface area contributed by atoms with Crippen LogP contribution in [0.2, 0.25) is 5.04 Å². The van der Waals surface area contributed by atoms with Gasteiger partial charge in [-0.05, 0) is 58.2 Å². The molecule has 6 aromatic rings. The third-order valence-corrected chi connectivity index (χ3v) is 16.4. The van der Waals surface area contributed by atoms with Crippen molar-refractivity contribution >= 4 is 70.0 Å². The van der Waals surface area contributed by atoms with Crippen molar-refractivity contribution in [2.75, 3.05) is 49.0 Å². The Labute approximate surface area is 326 Å². The molecule has 1 aliphatic heterocycles. The van der Waals surface area contributed by atoms with Gasteiger partial charge in [0.1, 0.15) is 17.5 Å². The molecular formula is C41H45ClFN7O2SSi. The van der Waals surface area contributed by atoms with Gasteiger partial charge in [-0.2, -0.15) is 4.52 Å². The molecule has 9 nitrogen and oxygen atoms in total. The molecule has 0 spiro atoms. The van der Waals surface area contributed by atoms with Crippen LogP contribution in [0.4, 0.5) is 21.2 Å². The molecule has 4 heterocycles. The second-order valence-corrected chi connectivity index (χ2v) is 20.0. The number of imidazole rings is 1. The Morgan fingerprint density at radius 3 is 2.24 bits per heavy atom. The van der Waals surface area contributed by atoms with Crippen LogP contribution in [0.5, 0.6) is 0 Å². The minimum Gasteiger partial charge on any atom is -0.405 e. The van der Waals surface area contributed by atoms with E-state index in [9.17, 15) is 9.18 Å². The van der Waals surface area contributed by atoms with Gasteiger partial charge in [0.25, 0.3) is 8.32 Å². The number of carbonyl (C=O) groups excluding carboxylic acids is 1. The Bertz CT molecular complexity index is 2170. The van der Waals surface area contributed by atoms with Gasteiger partial charge >= 0.3 is 0 Å². The Morgan fingerprint density at radius 1 is 0.963 bits per heavy atom. The summed E-state index contributed by atoms with van der Waals surface area (Å²) >= 11 is 7.71. The van der Waals surface area contributed by atoms with Crippen molar-refractivity contribution < 1.29 is 13.6 Å². The van der Waals surface area contributed by atoms with E-state index in [2.05, 4.69) is 81.1 Å². The number of rotatable bonds is 11. The molecule has 0 N–H and O–H groups in total. The number of fused-ring (bicyclic) bond motifs is 1. The first-order valence-corrected chi connectivity index (χ1v) is 21.6. The van der Waals surface area contributed by atoms with Crippen molar-refractivity contribution in [2.24, 2.45) is 0 Å². The van der Waals surface area contributed by atoms with Crippen LogP contribution >= 0.6 is 22.9 Å². The number of piperazine rings is 1. The van der Waals surface area contributed by atoms with Crippen LogP contribution in [0.15, 0.2) is 102 Å². The number of hydrogen-bond acceptors (Lipinski definition) is 8. The van der Waals surface area contributed by atoms with E-state index in [0.717, 1.165) is 39.4 Å². The molecule has 7 rings (SSSR count). The first-order chi connectivity index (χ1) is 26.0. The molecule has 0 saturated carbocycles. The average Bonchev–Trinajstić information content (AvgIpc) is 3.83. The quantitative estimate of drug-likeness (QED) is 0.102. The second-order valence-electron chi connectivity index (χ2n) is 14.6. The summed E-state index contributed by atoms with van der Waals surface area (Å²) in [6.07, 6.45) is 0.704. The predicted molar refractivity (Wildman–Crippen MR) is 220 cm³/mol. The zero-order valence-corrected chi connectivity index (χ0v) is 33.8. The fraction of sp³-hybridized carbons (Fsp3) is 0.317. The molecule has 1 fully saturated rings. The van der Waals surface area contributed by atoms with E-state index < -0.39 is 8.32 Å². The lowest BCUT2D eigenvalue weighted by atomic mass is 10.1. The maximum Gasteiger partial charge on any atom is 0.261 e. The van der Waals surface area contributed by atoms with Crippen molar-refractivity contribution in [1.29, 1.82) is 0 Å². The van der Waals surface area contributed by atoms with Gasteiger partial charge in [0.15, 0.2) is 16.6 Å². The highest BCUT2D eigenvalue weighted by atomic mass is 35.5. The van der Waals surface area contributed by atoms with E-state index >= 15 is 0 Å². The molecule has 1 saturated heterocycles. The van der Waals surface area contributed by atoms with E-state index in [-0.39, 0.29) is 28.7 Å². The molecule has 3 aromatic heterocycles. The van der Waals surface area contributed by atoms with Crippen LogP contribution in [0, 0.1) is 5.82 Å². The number of thiazole rings is 1. The molecule has 0 bridgehead atoms. The topological polar surface area (TPSA) is 79.1 Å². The molecule has 280 valence electrons. The Balaban J connectivity index is 1.21. The van der Waals surface area contributed by atoms with Gasteiger partial charge in [-0.3, -0.25) is 4.79 Å². The molecule has 13 heteroatoms. The fourth-order valence-electron chi connectivity index (χ4n) is 7.56. The van der Waals surface area contributed by atoms with Crippen molar-refractivity contribution in [1.82, 2.24) is 24.5 Å². The Kier molecular flexibility index (Phi) is 10.9. The molecule has 0 aliphatic carbocycles. The molecule has 0 unspecified atom stereocenters. The van der Waals surface area contributed by atoms with Gasteiger partial charge < -0.3 is 19.1 Å². The smallest absolute Gasteiger partial charge is 0.261 e. The summed E-state index contributed by atoms with van der Waals surface area (Å²) in [5.74, 6) is 1.13. The standard InChI is InChI=1S/C41H45ClFN7O2SSi/c1-6-34-39(47(5)40-45-35(28-53-40)29-17-19-30(43)20-18-29)50-36(44-34)21-22-37(46-50)48-23-24-49(38(51)25-42)31(26-48)27-52-54(41(2,3)4,32-13-9-7-10-14-32)33-15-11-8-12-16-33/h7-22,28,31H,6,23-27H2,1-5H3/t31-/m0/s1. The first kappa shape index (κ1) is 37.7. The second kappa shape index (κ2) is 15.6. The summed E-state index contributed by atoms with van der Waals surface area (Å²) in [4.78, 5) is 29.3. The molecule has 3 aromatic carbocycles. The monoisotopic (exact) mass is 781 g/mol. The van der Waals surface area contributed by atoms with Crippen LogP contribution in [-0.2, 0) is 15.6 Å². The fourth-order valence-corrected chi connectivity index (χ4v) is 13.1. The third-order valence-electron chi connectivity index (χ3n) is 10.2. The van der Waals surface area contributed by atoms with Crippen LogP contribution < -0.4 is 20.2 Å². The predicted octanol–water partition coefficient (Wildman–Crippen LogP) is 7.15. The van der Waals surface area contributed by atoms with Crippen LogP contribution in [0.3, 0.4) is 0 Å². The number of amides is 1. The third kappa shape index (κ3) is 7.15.